The number of morpholine rings is 1. The zero-order valence-corrected chi connectivity index (χ0v) is 11.3. The minimum absolute atomic E-state index is 0.0243. The molecule has 0 radical (unpaired) electrons. The van der Waals surface area contributed by atoms with Gasteiger partial charge in [-0.2, -0.15) is 0 Å². The zero-order chi connectivity index (χ0) is 13.8. The molecule has 0 saturated carbocycles. The van der Waals surface area contributed by atoms with Crippen molar-refractivity contribution in [2.75, 3.05) is 18.1 Å². The Hall–Kier alpha value is -1.82. The summed E-state index contributed by atoms with van der Waals surface area (Å²) in [6, 6.07) is 4.13. The van der Waals surface area contributed by atoms with Crippen molar-refractivity contribution in [1.29, 1.82) is 0 Å². The molecule has 0 spiro atoms. The highest BCUT2D eigenvalue weighted by molar-refractivity contribution is 5.95. The first-order chi connectivity index (χ1) is 9.15. The number of anilines is 1. The topological polar surface area (TPSA) is 84.0 Å². The first kappa shape index (κ1) is 13.6. The van der Waals surface area contributed by atoms with Crippen LogP contribution in [0, 0.1) is 0 Å². The molecule has 2 heterocycles. The van der Waals surface area contributed by atoms with Crippen LogP contribution in [0.2, 0.25) is 0 Å². The predicted molar refractivity (Wildman–Crippen MR) is 73.6 cm³/mol. The van der Waals surface area contributed by atoms with Gasteiger partial charge in [0.25, 0.3) is 0 Å². The molecular weight excluding hydrogens is 244 g/mol. The van der Waals surface area contributed by atoms with Crippen molar-refractivity contribution in [2.45, 2.75) is 32.4 Å². The quantitative estimate of drug-likeness (QED) is 0.371. The van der Waals surface area contributed by atoms with Gasteiger partial charge in [0, 0.05) is 18.4 Å². The Morgan fingerprint density at radius 1 is 1.68 bits per heavy atom. The molecule has 3 N–H and O–H groups in total. The summed E-state index contributed by atoms with van der Waals surface area (Å²) in [5, 5.41) is 11.7. The normalized spacial score (nSPS) is 24.5. The molecule has 0 amide bonds. The molecule has 1 aromatic rings. The molecular formula is C13H20N4O2. The highest BCUT2D eigenvalue weighted by atomic mass is 16.5. The van der Waals surface area contributed by atoms with E-state index in [0.717, 1.165) is 25.3 Å². The lowest BCUT2D eigenvalue weighted by molar-refractivity contribution is 0.0299. The summed E-state index contributed by atoms with van der Waals surface area (Å²) in [6.45, 7) is 5.75. The van der Waals surface area contributed by atoms with Crippen LogP contribution < -0.4 is 10.6 Å². The van der Waals surface area contributed by atoms with Gasteiger partial charge in [0.15, 0.2) is 5.84 Å². The van der Waals surface area contributed by atoms with Crippen molar-refractivity contribution in [3.05, 3.63) is 24.0 Å². The number of nitrogens with zero attached hydrogens (tertiary/aromatic N) is 3. The van der Waals surface area contributed by atoms with Gasteiger partial charge in [-0.15, -0.1) is 0 Å². The lowest BCUT2D eigenvalue weighted by Gasteiger charge is -2.40. The van der Waals surface area contributed by atoms with Gasteiger partial charge in [-0.25, -0.2) is 0 Å². The molecule has 1 saturated heterocycles. The van der Waals surface area contributed by atoms with Gasteiger partial charge in [-0.1, -0.05) is 12.1 Å². The molecule has 1 aliphatic rings. The second-order valence-electron chi connectivity index (χ2n) is 4.74. The number of hydrogen-bond acceptors (Lipinski definition) is 5. The lowest BCUT2D eigenvalue weighted by atomic mass is 10.1. The number of aromatic nitrogens is 1. The Labute approximate surface area is 112 Å². The Morgan fingerprint density at radius 3 is 3.16 bits per heavy atom. The number of ether oxygens (including phenoxy) is 1. The Kier molecular flexibility index (Phi) is 4.21. The molecule has 2 rings (SSSR count). The first-order valence-corrected chi connectivity index (χ1v) is 6.48. The largest absolute Gasteiger partial charge is 0.409 e. The van der Waals surface area contributed by atoms with Gasteiger partial charge in [-0.05, 0) is 25.5 Å². The van der Waals surface area contributed by atoms with E-state index in [9.17, 15) is 0 Å². The standard InChI is InChI=1S/C13H20N4O2/c1-3-10-8-19-9(2)7-17(10)11-4-5-15-12(6-11)13(14)16-18/h4-6,9-10,18H,3,7-8H2,1-2H3,(H2,14,16). The van der Waals surface area contributed by atoms with E-state index in [1.807, 2.05) is 12.1 Å². The molecule has 1 aromatic heterocycles. The second kappa shape index (κ2) is 5.88. The van der Waals surface area contributed by atoms with E-state index in [0.29, 0.717) is 11.7 Å². The average Bonchev–Trinajstić information content (AvgIpc) is 2.46. The van der Waals surface area contributed by atoms with Crippen molar-refractivity contribution in [1.82, 2.24) is 4.98 Å². The number of hydrogen-bond donors (Lipinski definition) is 2. The summed E-state index contributed by atoms with van der Waals surface area (Å²) in [6.07, 6.45) is 2.88. The minimum Gasteiger partial charge on any atom is -0.409 e. The molecule has 6 nitrogen and oxygen atoms in total. The number of pyridine rings is 1. The number of nitrogens with two attached hydrogens (primary N) is 1. The molecule has 1 aliphatic heterocycles. The molecule has 0 aromatic carbocycles. The summed E-state index contributed by atoms with van der Waals surface area (Å²) in [7, 11) is 0. The summed E-state index contributed by atoms with van der Waals surface area (Å²) in [4.78, 5) is 6.40. The SMILES string of the molecule is CCC1COC(C)CN1c1ccnc(C(N)=NO)c1. The van der Waals surface area contributed by atoms with Crippen LogP contribution in [0.4, 0.5) is 5.69 Å². The maximum Gasteiger partial charge on any atom is 0.188 e. The molecule has 1 fully saturated rings. The fraction of sp³-hybridized carbons (Fsp3) is 0.538. The number of oxime groups is 1. The van der Waals surface area contributed by atoms with Crippen LogP contribution in [0.5, 0.6) is 0 Å². The molecule has 2 unspecified atom stereocenters. The van der Waals surface area contributed by atoms with E-state index in [-0.39, 0.29) is 11.9 Å². The van der Waals surface area contributed by atoms with Crippen LogP contribution in [0.15, 0.2) is 23.5 Å². The highest BCUT2D eigenvalue weighted by Gasteiger charge is 2.26. The van der Waals surface area contributed by atoms with Crippen molar-refractivity contribution in [2.24, 2.45) is 10.9 Å². The van der Waals surface area contributed by atoms with Crippen molar-refractivity contribution < 1.29 is 9.94 Å². The molecule has 0 aliphatic carbocycles. The average molecular weight is 264 g/mol. The number of amidine groups is 1. The summed E-state index contributed by atoms with van der Waals surface area (Å²) >= 11 is 0. The Morgan fingerprint density at radius 2 is 2.47 bits per heavy atom. The Balaban J connectivity index is 2.28. The summed E-state index contributed by atoms with van der Waals surface area (Å²) in [5.41, 5.74) is 7.09. The van der Waals surface area contributed by atoms with E-state index in [1.165, 1.54) is 0 Å². The van der Waals surface area contributed by atoms with Crippen LogP contribution in [0.25, 0.3) is 0 Å². The second-order valence-corrected chi connectivity index (χ2v) is 4.74. The maximum atomic E-state index is 8.72. The van der Waals surface area contributed by atoms with E-state index in [2.05, 4.69) is 28.9 Å². The van der Waals surface area contributed by atoms with E-state index in [4.69, 9.17) is 15.7 Å². The van der Waals surface area contributed by atoms with Crippen LogP contribution in [-0.2, 0) is 4.74 Å². The van der Waals surface area contributed by atoms with E-state index < -0.39 is 0 Å². The van der Waals surface area contributed by atoms with Gasteiger partial charge in [-0.3, -0.25) is 4.98 Å². The third-order valence-electron chi connectivity index (χ3n) is 3.38. The van der Waals surface area contributed by atoms with Crippen LogP contribution in [0.1, 0.15) is 26.0 Å². The first-order valence-electron chi connectivity index (χ1n) is 6.48. The van der Waals surface area contributed by atoms with Gasteiger partial charge < -0.3 is 20.6 Å². The van der Waals surface area contributed by atoms with Gasteiger partial charge in [0.2, 0.25) is 0 Å². The highest BCUT2D eigenvalue weighted by Crippen LogP contribution is 2.23. The molecule has 2 atom stereocenters. The van der Waals surface area contributed by atoms with Crippen molar-refractivity contribution >= 4 is 11.5 Å². The molecule has 6 heteroatoms. The molecule has 19 heavy (non-hydrogen) atoms. The zero-order valence-electron chi connectivity index (χ0n) is 11.3. The number of rotatable bonds is 3. The fourth-order valence-corrected chi connectivity index (χ4v) is 2.29. The fourth-order valence-electron chi connectivity index (χ4n) is 2.29. The van der Waals surface area contributed by atoms with Gasteiger partial charge >= 0.3 is 0 Å². The Bertz CT molecular complexity index is 464. The predicted octanol–water partition coefficient (Wildman–Crippen LogP) is 1.18. The third-order valence-corrected chi connectivity index (χ3v) is 3.38. The van der Waals surface area contributed by atoms with Crippen LogP contribution in [0.3, 0.4) is 0 Å². The summed E-state index contributed by atoms with van der Waals surface area (Å²) in [5.74, 6) is 0.0243. The van der Waals surface area contributed by atoms with Gasteiger partial charge in [0.1, 0.15) is 5.69 Å². The van der Waals surface area contributed by atoms with E-state index in [1.54, 1.807) is 6.20 Å². The lowest BCUT2D eigenvalue weighted by Crippen LogP contribution is -2.48. The monoisotopic (exact) mass is 264 g/mol. The molecule has 104 valence electrons. The molecule has 0 bridgehead atoms. The van der Waals surface area contributed by atoms with Crippen molar-refractivity contribution in [3.63, 3.8) is 0 Å². The van der Waals surface area contributed by atoms with E-state index >= 15 is 0 Å². The maximum absolute atomic E-state index is 8.72. The summed E-state index contributed by atoms with van der Waals surface area (Å²) < 4.78 is 5.69. The van der Waals surface area contributed by atoms with Crippen LogP contribution in [-0.4, -0.2) is 41.3 Å². The van der Waals surface area contributed by atoms with Crippen molar-refractivity contribution in [3.8, 4) is 0 Å². The van der Waals surface area contributed by atoms with Crippen LogP contribution >= 0.6 is 0 Å². The van der Waals surface area contributed by atoms with Gasteiger partial charge in [0.05, 0.1) is 18.8 Å². The minimum atomic E-state index is 0.0243. The smallest absolute Gasteiger partial charge is 0.188 e. The third kappa shape index (κ3) is 2.96.